The molecule has 0 unspecified atom stereocenters. The number of halogens is 1. The minimum Gasteiger partial charge on any atom is -0.266 e. The number of hydrogen-bond acceptors (Lipinski definition) is 5. The Morgan fingerprint density at radius 1 is 1.39 bits per heavy atom. The molecule has 23 heavy (non-hydrogen) atoms. The number of aryl methyl sites for hydroxylation is 2. The fourth-order valence-electron chi connectivity index (χ4n) is 2.04. The van der Waals surface area contributed by atoms with E-state index in [4.69, 9.17) is 16.9 Å². The second kappa shape index (κ2) is 6.42. The van der Waals surface area contributed by atoms with Crippen molar-refractivity contribution in [2.45, 2.75) is 13.8 Å². The van der Waals surface area contributed by atoms with Gasteiger partial charge in [0.05, 0.1) is 11.1 Å². The summed E-state index contributed by atoms with van der Waals surface area (Å²) >= 11 is 5.74. The van der Waals surface area contributed by atoms with Crippen LogP contribution in [0.1, 0.15) is 22.4 Å². The molecule has 0 radical (unpaired) electrons. The molecule has 8 heteroatoms. The van der Waals surface area contributed by atoms with Gasteiger partial charge in [0, 0.05) is 17.3 Å². The van der Waals surface area contributed by atoms with Gasteiger partial charge in [0.2, 0.25) is 0 Å². The molecule has 1 heterocycles. The molecule has 1 aromatic heterocycles. The molecule has 0 fully saturated rings. The van der Waals surface area contributed by atoms with Crippen molar-refractivity contribution in [2.75, 3.05) is 0 Å². The lowest BCUT2D eigenvalue weighted by molar-refractivity contribution is -0.384. The number of rotatable bonds is 3. The molecule has 0 saturated carbocycles. The zero-order valence-corrected chi connectivity index (χ0v) is 13.0. The van der Waals surface area contributed by atoms with Gasteiger partial charge >= 0.3 is 0 Å². The highest BCUT2D eigenvalue weighted by atomic mass is 35.5. The lowest BCUT2D eigenvalue weighted by Crippen LogP contribution is -2.22. The summed E-state index contributed by atoms with van der Waals surface area (Å²) in [4.78, 5) is 22.5. The van der Waals surface area contributed by atoms with Gasteiger partial charge < -0.3 is 0 Å². The highest BCUT2D eigenvalue weighted by Gasteiger charge is 2.12. The Hall–Kier alpha value is -2.98. The summed E-state index contributed by atoms with van der Waals surface area (Å²) in [5, 5.41) is 23.9. The molecule has 2 aromatic rings. The Balaban J connectivity index is 2.50. The first-order valence-corrected chi connectivity index (χ1v) is 6.84. The molecule has 0 spiro atoms. The van der Waals surface area contributed by atoms with Crippen LogP contribution in [0.15, 0.2) is 34.2 Å². The lowest BCUT2D eigenvalue weighted by Gasteiger charge is -2.06. The Labute approximate surface area is 136 Å². The third-order valence-corrected chi connectivity index (χ3v) is 3.48. The lowest BCUT2D eigenvalue weighted by atomic mass is 10.1. The molecule has 0 N–H and O–H groups in total. The monoisotopic (exact) mass is 330 g/mol. The second-order valence-electron chi connectivity index (χ2n) is 4.79. The maximum Gasteiger partial charge on any atom is 0.289 e. The summed E-state index contributed by atoms with van der Waals surface area (Å²) in [5.41, 5.74) is 0.752. The number of nitriles is 1. The van der Waals surface area contributed by atoms with Crippen LogP contribution < -0.4 is 5.56 Å². The van der Waals surface area contributed by atoms with Gasteiger partial charge in [-0.1, -0.05) is 17.7 Å². The number of benzene rings is 1. The van der Waals surface area contributed by atoms with Crippen LogP contribution >= 0.6 is 11.6 Å². The summed E-state index contributed by atoms with van der Waals surface area (Å²) in [6.45, 7) is 3.35. The second-order valence-corrected chi connectivity index (χ2v) is 5.19. The minimum absolute atomic E-state index is 0.00911. The predicted molar refractivity (Wildman–Crippen MR) is 86.0 cm³/mol. The van der Waals surface area contributed by atoms with Gasteiger partial charge in [0.25, 0.3) is 11.2 Å². The van der Waals surface area contributed by atoms with Gasteiger partial charge in [0.1, 0.15) is 16.7 Å². The number of aromatic nitrogens is 1. The van der Waals surface area contributed by atoms with Crippen LogP contribution in [0, 0.1) is 35.3 Å². The van der Waals surface area contributed by atoms with Crippen LogP contribution in [0.5, 0.6) is 0 Å². The van der Waals surface area contributed by atoms with E-state index in [1.165, 1.54) is 18.3 Å². The Morgan fingerprint density at radius 2 is 2.09 bits per heavy atom. The van der Waals surface area contributed by atoms with E-state index in [-0.39, 0.29) is 16.3 Å². The maximum atomic E-state index is 12.2. The Morgan fingerprint density at radius 3 is 2.70 bits per heavy atom. The number of nitro groups is 1. The van der Waals surface area contributed by atoms with Crippen molar-refractivity contribution in [1.29, 1.82) is 5.26 Å². The normalized spacial score (nSPS) is 10.7. The first-order valence-electron chi connectivity index (χ1n) is 6.46. The zero-order chi connectivity index (χ0) is 17.1. The maximum absolute atomic E-state index is 12.2. The summed E-state index contributed by atoms with van der Waals surface area (Å²) in [6.07, 6.45) is 1.30. The molecule has 0 amide bonds. The molecule has 0 bridgehead atoms. The molecule has 116 valence electrons. The van der Waals surface area contributed by atoms with Gasteiger partial charge in [-0.15, -0.1) is 0 Å². The zero-order valence-electron chi connectivity index (χ0n) is 12.3. The van der Waals surface area contributed by atoms with Crippen LogP contribution in [0.2, 0.25) is 5.02 Å². The predicted octanol–water partition coefficient (Wildman–Crippen LogP) is 2.78. The summed E-state index contributed by atoms with van der Waals surface area (Å²) in [5.74, 6) is 0. The largest absolute Gasteiger partial charge is 0.289 e. The molecule has 0 aliphatic rings. The van der Waals surface area contributed by atoms with Crippen LogP contribution in [-0.4, -0.2) is 15.8 Å². The van der Waals surface area contributed by atoms with Crippen LogP contribution in [0.4, 0.5) is 5.69 Å². The summed E-state index contributed by atoms with van der Waals surface area (Å²) in [7, 11) is 0. The van der Waals surface area contributed by atoms with E-state index in [0.717, 1.165) is 4.68 Å². The summed E-state index contributed by atoms with van der Waals surface area (Å²) in [6, 6.07) is 7.69. The number of pyridine rings is 1. The molecule has 1 aromatic carbocycles. The van der Waals surface area contributed by atoms with Gasteiger partial charge in [-0.25, -0.2) is 4.68 Å². The average Bonchev–Trinajstić information content (AvgIpc) is 2.48. The summed E-state index contributed by atoms with van der Waals surface area (Å²) < 4.78 is 1.08. The molecule has 0 atom stereocenters. The number of nitrogens with zero attached hydrogens (tertiary/aromatic N) is 4. The van der Waals surface area contributed by atoms with Crippen LogP contribution in [0.3, 0.4) is 0 Å². The highest BCUT2D eigenvalue weighted by Crippen LogP contribution is 2.24. The van der Waals surface area contributed by atoms with Crippen LogP contribution in [-0.2, 0) is 0 Å². The van der Waals surface area contributed by atoms with Gasteiger partial charge in [-0.05, 0) is 31.5 Å². The quantitative estimate of drug-likeness (QED) is 0.490. The fourth-order valence-corrected chi connectivity index (χ4v) is 2.22. The van der Waals surface area contributed by atoms with Gasteiger partial charge in [-0.3, -0.25) is 14.9 Å². The van der Waals surface area contributed by atoms with E-state index in [9.17, 15) is 14.9 Å². The smallest absolute Gasteiger partial charge is 0.266 e. The van der Waals surface area contributed by atoms with E-state index in [1.54, 1.807) is 26.0 Å². The van der Waals surface area contributed by atoms with Crippen molar-refractivity contribution in [2.24, 2.45) is 5.10 Å². The third kappa shape index (κ3) is 3.27. The van der Waals surface area contributed by atoms with E-state index in [2.05, 4.69) is 5.10 Å². The van der Waals surface area contributed by atoms with Crippen molar-refractivity contribution >= 4 is 23.5 Å². The topological polar surface area (TPSA) is 101 Å². The van der Waals surface area contributed by atoms with E-state index >= 15 is 0 Å². The third-order valence-electron chi connectivity index (χ3n) is 3.16. The van der Waals surface area contributed by atoms with Gasteiger partial charge in [0.15, 0.2) is 0 Å². The highest BCUT2D eigenvalue weighted by molar-refractivity contribution is 6.32. The van der Waals surface area contributed by atoms with Crippen LogP contribution in [0.25, 0.3) is 0 Å². The molecular weight excluding hydrogens is 320 g/mol. The standard InChI is InChI=1S/C15H11ClN4O3/c1-9-5-10(2)19(15(21)12(9)7-17)18-8-11-3-4-13(16)14(6-11)20(22)23/h3-6,8H,1-2H3/b18-8-. The first-order chi connectivity index (χ1) is 10.8. The average molecular weight is 331 g/mol. The molecule has 0 aliphatic carbocycles. The van der Waals surface area contributed by atoms with Gasteiger partial charge in [-0.2, -0.15) is 10.4 Å². The number of hydrogen-bond donors (Lipinski definition) is 0. The minimum atomic E-state index is -0.600. The molecular formula is C15H11ClN4O3. The first kappa shape index (κ1) is 16.4. The SMILES string of the molecule is Cc1cc(C)n(/N=C\c2ccc(Cl)c([N+](=O)[O-])c2)c(=O)c1C#N. The van der Waals surface area contributed by atoms with Crippen molar-refractivity contribution in [1.82, 2.24) is 4.68 Å². The van der Waals surface area contributed by atoms with E-state index in [1.807, 2.05) is 6.07 Å². The Kier molecular flexibility index (Phi) is 4.57. The molecule has 0 saturated heterocycles. The van der Waals surface area contributed by atoms with Crippen molar-refractivity contribution in [3.05, 3.63) is 72.1 Å². The number of nitro benzene ring substituents is 1. The fraction of sp³-hybridized carbons (Fsp3) is 0.133. The molecule has 7 nitrogen and oxygen atoms in total. The molecule has 2 rings (SSSR count). The van der Waals surface area contributed by atoms with Crippen molar-refractivity contribution in [3.8, 4) is 6.07 Å². The van der Waals surface area contributed by atoms with E-state index in [0.29, 0.717) is 16.8 Å². The van der Waals surface area contributed by atoms with Crippen molar-refractivity contribution in [3.63, 3.8) is 0 Å². The Bertz CT molecular complexity index is 926. The van der Waals surface area contributed by atoms with E-state index < -0.39 is 10.5 Å². The van der Waals surface area contributed by atoms with Crippen molar-refractivity contribution < 1.29 is 4.92 Å². The molecule has 0 aliphatic heterocycles.